The SMILES string of the molecule is F[C@@H]1CCCC[C@H]1Nc1ncc(Cl)cn1. The molecule has 0 radical (unpaired) electrons. The molecule has 3 nitrogen and oxygen atoms in total. The third kappa shape index (κ3) is 2.78. The van der Waals surface area contributed by atoms with Crippen molar-refractivity contribution in [1.29, 1.82) is 0 Å². The molecular weight excluding hydrogens is 217 g/mol. The maximum atomic E-state index is 13.5. The Morgan fingerprint density at radius 2 is 1.93 bits per heavy atom. The van der Waals surface area contributed by atoms with Gasteiger partial charge in [0.05, 0.1) is 23.5 Å². The molecule has 0 saturated heterocycles. The van der Waals surface area contributed by atoms with Crippen molar-refractivity contribution in [3.8, 4) is 0 Å². The van der Waals surface area contributed by atoms with E-state index in [0.29, 0.717) is 17.4 Å². The summed E-state index contributed by atoms with van der Waals surface area (Å²) in [6.45, 7) is 0. The van der Waals surface area contributed by atoms with E-state index in [4.69, 9.17) is 11.6 Å². The predicted octanol–water partition coefficient (Wildman–Crippen LogP) is 2.82. The molecule has 1 aliphatic rings. The number of anilines is 1. The van der Waals surface area contributed by atoms with Crippen LogP contribution >= 0.6 is 11.6 Å². The van der Waals surface area contributed by atoms with Gasteiger partial charge in [-0.3, -0.25) is 0 Å². The summed E-state index contributed by atoms with van der Waals surface area (Å²) in [5.74, 6) is 0.453. The lowest BCUT2D eigenvalue weighted by molar-refractivity contribution is 0.229. The molecule has 0 unspecified atom stereocenters. The van der Waals surface area contributed by atoms with E-state index >= 15 is 0 Å². The fourth-order valence-corrected chi connectivity index (χ4v) is 1.90. The van der Waals surface area contributed by atoms with Gasteiger partial charge in [0.25, 0.3) is 0 Å². The lowest BCUT2D eigenvalue weighted by atomic mass is 9.94. The highest BCUT2D eigenvalue weighted by atomic mass is 35.5. The molecule has 1 aliphatic carbocycles. The number of rotatable bonds is 2. The topological polar surface area (TPSA) is 37.8 Å². The van der Waals surface area contributed by atoms with Crippen LogP contribution in [0.4, 0.5) is 10.3 Å². The fraction of sp³-hybridized carbons (Fsp3) is 0.600. The third-order valence-corrected chi connectivity index (χ3v) is 2.81. The molecule has 0 aliphatic heterocycles. The van der Waals surface area contributed by atoms with Crippen molar-refractivity contribution >= 4 is 17.5 Å². The summed E-state index contributed by atoms with van der Waals surface area (Å²) in [6, 6.07) is -0.153. The fourth-order valence-electron chi connectivity index (χ4n) is 1.80. The number of alkyl halides is 1. The van der Waals surface area contributed by atoms with Gasteiger partial charge in [-0.15, -0.1) is 0 Å². The van der Waals surface area contributed by atoms with E-state index < -0.39 is 6.17 Å². The standard InChI is InChI=1S/C10H13ClFN3/c11-7-5-13-10(14-6-7)15-9-4-2-1-3-8(9)12/h5-6,8-9H,1-4H2,(H,13,14,15)/t8-,9-/m1/s1. The molecule has 2 atom stereocenters. The molecule has 0 aromatic carbocycles. The highest BCUT2D eigenvalue weighted by molar-refractivity contribution is 6.30. The normalized spacial score (nSPS) is 26.3. The van der Waals surface area contributed by atoms with Crippen LogP contribution in [0.1, 0.15) is 25.7 Å². The Hall–Kier alpha value is -0.900. The Labute approximate surface area is 93.1 Å². The van der Waals surface area contributed by atoms with Gasteiger partial charge in [-0.25, -0.2) is 14.4 Å². The molecule has 0 amide bonds. The Balaban J connectivity index is 1.98. The van der Waals surface area contributed by atoms with Gasteiger partial charge in [0.15, 0.2) is 0 Å². The molecule has 1 N–H and O–H groups in total. The van der Waals surface area contributed by atoms with Crippen LogP contribution in [0.3, 0.4) is 0 Å². The molecule has 0 spiro atoms. The minimum atomic E-state index is -0.793. The van der Waals surface area contributed by atoms with Gasteiger partial charge in [0, 0.05) is 0 Å². The van der Waals surface area contributed by atoms with Gasteiger partial charge in [-0.05, 0) is 12.8 Å². The summed E-state index contributed by atoms with van der Waals surface area (Å²) in [7, 11) is 0. The second kappa shape index (κ2) is 4.75. The summed E-state index contributed by atoms with van der Waals surface area (Å²) in [4.78, 5) is 7.97. The highest BCUT2D eigenvalue weighted by Gasteiger charge is 2.24. The first-order valence-corrected chi connectivity index (χ1v) is 5.51. The minimum absolute atomic E-state index is 0.153. The smallest absolute Gasteiger partial charge is 0.222 e. The summed E-state index contributed by atoms with van der Waals surface area (Å²) in [5, 5.41) is 3.49. The zero-order valence-electron chi connectivity index (χ0n) is 8.29. The highest BCUT2D eigenvalue weighted by Crippen LogP contribution is 2.23. The molecule has 2 rings (SSSR count). The molecule has 1 saturated carbocycles. The van der Waals surface area contributed by atoms with Crippen molar-refractivity contribution in [3.05, 3.63) is 17.4 Å². The van der Waals surface area contributed by atoms with Gasteiger partial charge in [0.2, 0.25) is 5.95 Å². The Bertz CT molecular complexity index is 317. The number of nitrogens with zero attached hydrogens (tertiary/aromatic N) is 2. The van der Waals surface area contributed by atoms with Gasteiger partial charge in [-0.1, -0.05) is 24.4 Å². The molecule has 1 fully saturated rings. The summed E-state index contributed by atoms with van der Waals surface area (Å²) in [6.07, 6.45) is 5.73. The monoisotopic (exact) mass is 229 g/mol. The predicted molar refractivity (Wildman–Crippen MR) is 57.8 cm³/mol. The van der Waals surface area contributed by atoms with Gasteiger partial charge in [0.1, 0.15) is 6.17 Å². The third-order valence-electron chi connectivity index (χ3n) is 2.62. The van der Waals surface area contributed by atoms with Crippen molar-refractivity contribution in [2.75, 3.05) is 5.32 Å². The number of halogens is 2. The van der Waals surface area contributed by atoms with Crippen molar-refractivity contribution < 1.29 is 4.39 Å². The molecule has 15 heavy (non-hydrogen) atoms. The van der Waals surface area contributed by atoms with E-state index in [-0.39, 0.29) is 6.04 Å². The molecular formula is C10H13ClFN3. The molecule has 5 heteroatoms. The van der Waals surface area contributed by atoms with E-state index in [2.05, 4.69) is 15.3 Å². The zero-order chi connectivity index (χ0) is 10.7. The molecule has 0 bridgehead atoms. The Morgan fingerprint density at radius 3 is 2.60 bits per heavy atom. The van der Waals surface area contributed by atoms with Crippen molar-refractivity contribution in [3.63, 3.8) is 0 Å². The maximum absolute atomic E-state index is 13.5. The molecule has 1 heterocycles. The summed E-state index contributed by atoms with van der Waals surface area (Å²) >= 11 is 5.66. The molecule has 82 valence electrons. The quantitative estimate of drug-likeness (QED) is 0.848. The first-order chi connectivity index (χ1) is 7.25. The Kier molecular flexibility index (Phi) is 3.36. The van der Waals surface area contributed by atoms with Crippen LogP contribution in [0.15, 0.2) is 12.4 Å². The zero-order valence-corrected chi connectivity index (χ0v) is 9.04. The van der Waals surface area contributed by atoms with Crippen LogP contribution in [0.5, 0.6) is 0 Å². The van der Waals surface area contributed by atoms with Crippen LogP contribution in [0.2, 0.25) is 5.02 Å². The van der Waals surface area contributed by atoms with Gasteiger partial charge >= 0.3 is 0 Å². The van der Waals surface area contributed by atoms with E-state index in [1.165, 1.54) is 12.4 Å². The first-order valence-electron chi connectivity index (χ1n) is 5.14. The molecule has 1 aromatic heterocycles. The van der Waals surface area contributed by atoms with E-state index in [1.54, 1.807) is 0 Å². The maximum Gasteiger partial charge on any atom is 0.222 e. The van der Waals surface area contributed by atoms with Gasteiger partial charge < -0.3 is 5.32 Å². The summed E-state index contributed by atoms with van der Waals surface area (Å²) in [5.41, 5.74) is 0. The lowest BCUT2D eigenvalue weighted by Crippen LogP contribution is -2.34. The number of hydrogen-bond acceptors (Lipinski definition) is 3. The number of nitrogens with one attached hydrogen (secondary N) is 1. The van der Waals surface area contributed by atoms with Gasteiger partial charge in [-0.2, -0.15) is 0 Å². The van der Waals surface area contributed by atoms with Crippen molar-refractivity contribution in [2.45, 2.75) is 37.9 Å². The average Bonchev–Trinajstić information content (AvgIpc) is 2.25. The second-order valence-corrected chi connectivity index (χ2v) is 4.21. The van der Waals surface area contributed by atoms with Crippen LogP contribution < -0.4 is 5.32 Å². The van der Waals surface area contributed by atoms with Crippen LogP contribution in [0, 0.1) is 0 Å². The van der Waals surface area contributed by atoms with Crippen molar-refractivity contribution in [2.24, 2.45) is 0 Å². The first kappa shape index (κ1) is 10.6. The second-order valence-electron chi connectivity index (χ2n) is 3.78. The lowest BCUT2D eigenvalue weighted by Gasteiger charge is -2.26. The number of hydrogen-bond donors (Lipinski definition) is 1. The minimum Gasteiger partial charge on any atom is -0.349 e. The van der Waals surface area contributed by atoms with Crippen LogP contribution in [0.25, 0.3) is 0 Å². The van der Waals surface area contributed by atoms with E-state index in [9.17, 15) is 4.39 Å². The van der Waals surface area contributed by atoms with Crippen molar-refractivity contribution in [1.82, 2.24) is 9.97 Å². The van der Waals surface area contributed by atoms with E-state index in [0.717, 1.165) is 19.3 Å². The van der Waals surface area contributed by atoms with Crippen LogP contribution in [-0.2, 0) is 0 Å². The van der Waals surface area contributed by atoms with Crippen LogP contribution in [-0.4, -0.2) is 22.2 Å². The Morgan fingerprint density at radius 1 is 1.27 bits per heavy atom. The average molecular weight is 230 g/mol. The molecule has 1 aromatic rings. The largest absolute Gasteiger partial charge is 0.349 e. The summed E-state index contributed by atoms with van der Waals surface area (Å²) < 4.78 is 13.5. The number of aromatic nitrogens is 2. The van der Waals surface area contributed by atoms with E-state index in [1.807, 2.05) is 0 Å².